The molecule has 0 fully saturated rings. The molecule has 1 aromatic heterocycles. The van der Waals surface area contributed by atoms with Crippen LogP contribution < -0.4 is 5.32 Å². The first-order chi connectivity index (χ1) is 11.8. The summed E-state index contributed by atoms with van der Waals surface area (Å²) in [6.45, 7) is 7.82. The Bertz CT molecular complexity index is 958. The molecule has 0 aliphatic heterocycles. The third kappa shape index (κ3) is 3.40. The average molecular weight is 335 g/mol. The second kappa shape index (κ2) is 6.43. The van der Waals surface area contributed by atoms with Crippen LogP contribution in [0.25, 0.3) is 11.3 Å². The van der Waals surface area contributed by atoms with Gasteiger partial charge in [0.15, 0.2) is 0 Å². The number of carbonyl (C=O) groups excluding carboxylic acids is 1. The summed E-state index contributed by atoms with van der Waals surface area (Å²) in [6.07, 6.45) is 0. The number of hydrogen-bond donors (Lipinski definition) is 3. The van der Waals surface area contributed by atoms with E-state index in [0.717, 1.165) is 22.4 Å². The second-order valence-corrected chi connectivity index (χ2v) is 6.40. The van der Waals surface area contributed by atoms with Gasteiger partial charge in [-0.25, -0.2) is 0 Å². The van der Waals surface area contributed by atoms with Crippen LogP contribution in [-0.4, -0.2) is 21.2 Å². The Hall–Kier alpha value is -3.08. The highest BCUT2D eigenvalue weighted by molar-refractivity contribution is 6.03. The number of aromatic hydroxyl groups is 1. The predicted molar refractivity (Wildman–Crippen MR) is 99.0 cm³/mol. The van der Waals surface area contributed by atoms with Crippen molar-refractivity contribution in [1.82, 2.24) is 10.2 Å². The van der Waals surface area contributed by atoms with Crippen LogP contribution >= 0.6 is 0 Å². The second-order valence-electron chi connectivity index (χ2n) is 6.40. The lowest BCUT2D eigenvalue weighted by atomic mass is 10.0. The molecule has 0 spiro atoms. The Morgan fingerprint density at radius 3 is 2.48 bits per heavy atom. The summed E-state index contributed by atoms with van der Waals surface area (Å²) in [5, 5.41) is 20.0. The minimum atomic E-state index is -0.272. The van der Waals surface area contributed by atoms with Crippen LogP contribution in [0.2, 0.25) is 0 Å². The zero-order chi connectivity index (χ0) is 18.1. The summed E-state index contributed by atoms with van der Waals surface area (Å²) >= 11 is 0. The number of aromatic nitrogens is 2. The summed E-state index contributed by atoms with van der Waals surface area (Å²) < 4.78 is 0. The Labute approximate surface area is 146 Å². The van der Waals surface area contributed by atoms with Crippen molar-refractivity contribution in [2.75, 3.05) is 5.32 Å². The standard InChI is InChI=1S/C20H21N3O2/c1-11-7-14(4)19(24)16(8-11)17-10-18(23-22-17)20(25)21-15-6-5-12(2)13(3)9-15/h5-10,24H,1-4H3,(H,21,25)(H,22,23). The van der Waals surface area contributed by atoms with Gasteiger partial charge in [0.25, 0.3) is 5.91 Å². The molecule has 3 aromatic rings. The van der Waals surface area contributed by atoms with Gasteiger partial charge in [0, 0.05) is 11.3 Å². The molecule has 0 bridgehead atoms. The van der Waals surface area contributed by atoms with E-state index in [1.807, 2.05) is 58.0 Å². The van der Waals surface area contributed by atoms with Crippen molar-refractivity contribution >= 4 is 11.6 Å². The van der Waals surface area contributed by atoms with Gasteiger partial charge in [-0.3, -0.25) is 9.89 Å². The number of rotatable bonds is 3. The molecule has 128 valence electrons. The minimum Gasteiger partial charge on any atom is -0.507 e. The first kappa shape index (κ1) is 16.8. The molecule has 1 amide bonds. The summed E-state index contributed by atoms with van der Waals surface area (Å²) in [5.41, 5.74) is 6.31. The highest BCUT2D eigenvalue weighted by Gasteiger charge is 2.15. The Balaban J connectivity index is 1.86. The van der Waals surface area contributed by atoms with Crippen molar-refractivity contribution in [3.8, 4) is 17.0 Å². The maximum absolute atomic E-state index is 12.4. The Morgan fingerprint density at radius 2 is 1.76 bits per heavy atom. The van der Waals surface area contributed by atoms with E-state index in [2.05, 4.69) is 15.5 Å². The van der Waals surface area contributed by atoms with Crippen LogP contribution in [0.4, 0.5) is 5.69 Å². The van der Waals surface area contributed by atoms with Gasteiger partial charge < -0.3 is 10.4 Å². The Morgan fingerprint density at radius 1 is 1.00 bits per heavy atom. The zero-order valence-electron chi connectivity index (χ0n) is 14.8. The van der Waals surface area contributed by atoms with Crippen LogP contribution in [0.3, 0.4) is 0 Å². The molecule has 3 N–H and O–H groups in total. The fraction of sp³-hybridized carbons (Fsp3) is 0.200. The van der Waals surface area contributed by atoms with E-state index in [1.165, 1.54) is 5.56 Å². The lowest BCUT2D eigenvalue weighted by molar-refractivity contribution is 0.102. The van der Waals surface area contributed by atoms with E-state index in [-0.39, 0.29) is 11.7 Å². The fourth-order valence-electron chi connectivity index (χ4n) is 2.75. The van der Waals surface area contributed by atoms with E-state index in [4.69, 9.17) is 0 Å². The maximum Gasteiger partial charge on any atom is 0.273 e. The summed E-state index contributed by atoms with van der Waals surface area (Å²) in [4.78, 5) is 12.4. The summed E-state index contributed by atoms with van der Waals surface area (Å²) in [5.74, 6) is -0.0934. The van der Waals surface area contributed by atoms with Gasteiger partial charge in [0.05, 0.1) is 5.69 Å². The molecule has 3 rings (SSSR count). The van der Waals surface area contributed by atoms with Crippen molar-refractivity contribution < 1.29 is 9.90 Å². The van der Waals surface area contributed by atoms with Gasteiger partial charge >= 0.3 is 0 Å². The molecule has 1 heterocycles. The van der Waals surface area contributed by atoms with Crippen LogP contribution in [0, 0.1) is 27.7 Å². The molecule has 0 radical (unpaired) electrons. The number of aryl methyl sites for hydroxylation is 4. The van der Waals surface area contributed by atoms with Crippen LogP contribution in [0.5, 0.6) is 5.75 Å². The number of aromatic amines is 1. The minimum absolute atomic E-state index is 0.179. The SMILES string of the molecule is Cc1cc(C)c(O)c(-c2cc(C(=O)Nc3ccc(C)c(C)c3)[nH]n2)c1. The maximum atomic E-state index is 12.4. The van der Waals surface area contributed by atoms with E-state index in [9.17, 15) is 9.90 Å². The van der Waals surface area contributed by atoms with Gasteiger partial charge in [-0.15, -0.1) is 0 Å². The van der Waals surface area contributed by atoms with Crippen LogP contribution in [-0.2, 0) is 0 Å². The molecule has 0 saturated carbocycles. The van der Waals surface area contributed by atoms with Crippen molar-refractivity contribution in [3.05, 3.63) is 64.3 Å². The van der Waals surface area contributed by atoms with Crippen LogP contribution in [0.15, 0.2) is 36.4 Å². The highest BCUT2D eigenvalue weighted by atomic mass is 16.3. The van der Waals surface area contributed by atoms with Crippen molar-refractivity contribution in [2.45, 2.75) is 27.7 Å². The molecule has 0 aliphatic carbocycles. The molecule has 5 heteroatoms. The molecule has 25 heavy (non-hydrogen) atoms. The van der Waals surface area contributed by atoms with E-state index in [1.54, 1.807) is 6.07 Å². The predicted octanol–water partition coefficient (Wildman–Crippen LogP) is 4.27. The smallest absolute Gasteiger partial charge is 0.273 e. The molecule has 0 atom stereocenters. The number of H-pyrrole nitrogens is 1. The first-order valence-corrected chi connectivity index (χ1v) is 8.10. The average Bonchev–Trinajstić information content (AvgIpc) is 3.04. The normalized spacial score (nSPS) is 10.7. The monoisotopic (exact) mass is 335 g/mol. The molecule has 5 nitrogen and oxygen atoms in total. The number of anilines is 1. The van der Waals surface area contributed by atoms with Crippen LogP contribution in [0.1, 0.15) is 32.7 Å². The lowest BCUT2D eigenvalue weighted by Crippen LogP contribution is -2.12. The van der Waals surface area contributed by atoms with E-state index in [0.29, 0.717) is 17.0 Å². The number of amides is 1. The summed E-state index contributed by atoms with van der Waals surface area (Å²) in [7, 11) is 0. The van der Waals surface area contributed by atoms with Gasteiger partial charge in [0.1, 0.15) is 11.4 Å². The molecule has 2 aromatic carbocycles. The fourth-order valence-corrected chi connectivity index (χ4v) is 2.75. The number of benzene rings is 2. The van der Waals surface area contributed by atoms with Gasteiger partial charge in [0.2, 0.25) is 0 Å². The van der Waals surface area contributed by atoms with Crippen molar-refractivity contribution in [2.24, 2.45) is 0 Å². The largest absolute Gasteiger partial charge is 0.507 e. The topological polar surface area (TPSA) is 78.0 Å². The summed E-state index contributed by atoms with van der Waals surface area (Å²) in [6, 6.07) is 11.2. The number of nitrogens with one attached hydrogen (secondary N) is 2. The van der Waals surface area contributed by atoms with Gasteiger partial charge in [-0.05, 0) is 74.2 Å². The first-order valence-electron chi connectivity index (χ1n) is 8.10. The number of carbonyl (C=O) groups is 1. The lowest BCUT2D eigenvalue weighted by Gasteiger charge is -2.07. The highest BCUT2D eigenvalue weighted by Crippen LogP contribution is 2.32. The number of nitrogens with zero attached hydrogens (tertiary/aromatic N) is 1. The molecular formula is C20H21N3O2. The molecule has 0 unspecified atom stereocenters. The quantitative estimate of drug-likeness (QED) is 0.669. The molecular weight excluding hydrogens is 314 g/mol. The molecule has 0 saturated heterocycles. The zero-order valence-corrected chi connectivity index (χ0v) is 14.8. The molecule has 0 aliphatic rings. The van der Waals surface area contributed by atoms with Gasteiger partial charge in [-0.2, -0.15) is 5.10 Å². The number of hydrogen-bond acceptors (Lipinski definition) is 3. The third-order valence-electron chi connectivity index (χ3n) is 4.31. The van der Waals surface area contributed by atoms with Gasteiger partial charge in [-0.1, -0.05) is 12.1 Å². The number of phenolic OH excluding ortho intramolecular Hbond substituents is 1. The number of phenols is 1. The van der Waals surface area contributed by atoms with Crippen molar-refractivity contribution in [3.63, 3.8) is 0 Å². The van der Waals surface area contributed by atoms with E-state index >= 15 is 0 Å². The van der Waals surface area contributed by atoms with Crippen molar-refractivity contribution in [1.29, 1.82) is 0 Å². The third-order valence-corrected chi connectivity index (χ3v) is 4.31. The van der Waals surface area contributed by atoms with E-state index < -0.39 is 0 Å². The Kier molecular flexibility index (Phi) is 4.31.